The van der Waals surface area contributed by atoms with E-state index in [9.17, 15) is 13.2 Å². The molecule has 0 unspecified atom stereocenters. The van der Waals surface area contributed by atoms with E-state index in [-0.39, 0.29) is 11.8 Å². The summed E-state index contributed by atoms with van der Waals surface area (Å²) < 4.78 is 27.2. The molecule has 26 heavy (non-hydrogen) atoms. The number of piperidine rings is 1. The first-order chi connectivity index (χ1) is 12.4. The Bertz CT molecular complexity index is 746. The number of aryl methyl sites for hydroxylation is 2. The van der Waals surface area contributed by atoms with E-state index in [1.54, 1.807) is 12.1 Å². The lowest BCUT2D eigenvalue weighted by Crippen LogP contribution is -2.43. The maximum absolute atomic E-state index is 12.9. The molecule has 0 aromatic heterocycles. The lowest BCUT2D eigenvalue weighted by atomic mass is 9.97. The van der Waals surface area contributed by atoms with Crippen LogP contribution >= 0.6 is 0 Å². The minimum atomic E-state index is -3.47. The number of hydrogen-bond acceptors (Lipinski definition) is 3. The van der Waals surface area contributed by atoms with Gasteiger partial charge in [-0.05, 0) is 68.7 Å². The van der Waals surface area contributed by atoms with Crippen LogP contribution in [0.25, 0.3) is 0 Å². The third-order valence-corrected chi connectivity index (χ3v) is 7.88. The van der Waals surface area contributed by atoms with Gasteiger partial charge in [0.2, 0.25) is 15.9 Å². The molecule has 1 amide bonds. The van der Waals surface area contributed by atoms with Gasteiger partial charge in [0, 0.05) is 25.6 Å². The Morgan fingerprint density at radius 1 is 1.08 bits per heavy atom. The van der Waals surface area contributed by atoms with E-state index >= 15 is 0 Å². The molecule has 2 fully saturated rings. The Morgan fingerprint density at radius 2 is 1.73 bits per heavy atom. The monoisotopic (exact) mass is 378 g/mol. The van der Waals surface area contributed by atoms with Gasteiger partial charge in [0.05, 0.1) is 4.90 Å². The summed E-state index contributed by atoms with van der Waals surface area (Å²) in [6.45, 7) is 5.50. The third kappa shape index (κ3) is 4.29. The average molecular weight is 379 g/mol. The predicted octanol–water partition coefficient (Wildman–Crippen LogP) is 3.01. The second-order valence-corrected chi connectivity index (χ2v) is 9.76. The molecule has 1 heterocycles. The van der Waals surface area contributed by atoms with Crippen molar-refractivity contribution in [2.24, 2.45) is 11.8 Å². The van der Waals surface area contributed by atoms with Gasteiger partial charge in [-0.25, -0.2) is 8.42 Å². The van der Waals surface area contributed by atoms with Gasteiger partial charge in [0.25, 0.3) is 0 Å². The summed E-state index contributed by atoms with van der Waals surface area (Å²) in [6.07, 6.45) is 6.17. The fraction of sp³-hybridized carbons (Fsp3) is 0.650. The molecule has 2 aliphatic rings. The van der Waals surface area contributed by atoms with Crippen LogP contribution in [0.3, 0.4) is 0 Å². The first-order valence-corrected chi connectivity index (χ1v) is 11.2. The number of hydrogen-bond donors (Lipinski definition) is 1. The molecule has 1 saturated carbocycles. The fourth-order valence-corrected chi connectivity index (χ4v) is 5.54. The maximum atomic E-state index is 12.9. The SMILES string of the molecule is Cc1ccc(S(=O)(=O)N2CCC(C(=O)NCC3CCCC3)CC2)cc1C. The molecule has 3 rings (SSSR count). The molecule has 5 nitrogen and oxygen atoms in total. The van der Waals surface area contributed by atoms with Crippen LogP contribution in [-0.4, -0.2) is 38.3 Å². The zero-order valence-corrected chi connectivity index (χ0v) is 16.6. The first kappa shape index (κ1) is 19.4. The second-order valence-electron chi connectivity index (χ2n) is 7.82. The van der Waals surface area contributed by atoms with E-state index in [1.807, 2.05) is 19.9 Å². The van der Waals surface area contributed by atoms with Crippen molar-refractivity contribution in [1.29, 1.82) is 0 Å². The predicted molar refractivity (Wildman–Crippen MR) is 102 cm³/mol. The zero-order chi connectivity index (χ0) is 18.7. The van der Waals surface area contributed by atoms with E-state index in [2.05, 4.69) is 5.32 Å². The number of nitrogens with one attached hydrogen (secondary N) is 1. The summed E-state index contributed by atoms with van der Waals surface area (Å²) in [5.74, 6) is 0.659. The topological polar surface area (TPSA) is 66.5 Å². The molecule has 144 valence electrons. The van der Waals surface area contributed by atoms with Gasteiger partial charge in [-0.1, -0.05) is 18.9 Å². The average Bonchev–Trinajstić information content (AvgIpc) is 3.15. The Balaban J connectivity index is 1.55. The van der Waals surface area contributed by atoms with E-state index in [4.69, 9.17) is 0 Å². The Kier molecular flexibility index (Phi) is 6.03. The van der Waals surface area contributed by atoms with Crippen molar-refractivity contribution in [3.05, 3.63) is 29.3 Å². The summed E-state index contributed by atoms with van der Waals surface area (Å²) in [6, 6.07) is 5.27. The largest absolute Gasteiger partial charge is 0.356 e. The molecule has 6 heteroatoms. The summed E-state index contributed by atoms with van der Waals surface area (Å²) in [5.41, 5.74) is 2.06. The fourth-order valence-electron chi connectivity index (χ4n) is 3.99. The quantitative estimate of drug-likeness (QED) is 0.856. The van der Waals surface area contributed by atoms with Crippen LogP contribution in [0.15, 0.2) is 23.1 Å². The molecule has 1 aromatic rings. The van der Waals surface area contributed by atoms with Crippen molar-refractivity contribution in [3.63, 3.8) is 0 Å². The number of amides is 1. The van der Waals surface area contributed by atoms with Gasteiger partial charge in [-0.3, -0.25) is 4.79 Å². The summed E-state index contributed by atoms with van der Waals surface area (Å²) in [4.78, 5) is 12.7. The van der Waals surface area contributed by atoms with Crippen molar-refractivity contribution in [2.75, 3.05) is 19.6 Å². The van der Waals surface area contributed by atoms with Gasteiger partial charge < -0.3 is 5.32 Å². The maximum Gasteiger partial charge on any atom is 0.243 e. The van der Waals surface area contributed by atoms with Crippen LogP contribution in [0.2, 0.25) is 0 Å². The standard InChI is InChI=1S/C20H30N2O3S/c1-15-7-8-19(13-16(15)2)26(24,25)22-11-9-18(10-12-22)20(23)21-14-17-5-3-4-6-17/h7-8,13,17-18H,3-6,9-12,14H2,1-2H3,(H,21,23). The molecule has 1 saturated heterocycles. The summed E-state index contributed by atoms with van der Waals surface area (Å²) in [5, 5.41) is 3.09. The van der Waals surface area contributed by atoms with Crippen LogP contribution in [0.1, 0.15) is 49.7 Å². The Morgan fingerprint density at radius 3 is 2.35 bits per heavy atom. The molecule has 1 aliphatic heterocycles. The van der Waals surface area contributed by atoms with Crippen molar-refractivity contribution < 1.29 is 13.2 Å². The van der Waals surface area contributed by atoms with Gasteiger partial charge in [-0.2, -0.15) is 4.31 Å². The molecular formula is C20H30N2O3S. The summed E-state index contributed by atoms with van der Waals surface area (Å²) >= 11 is 0. The van der Waals surface area contributed by atoms with Crippen molar-refractivity contribution >= 4 is 15.9 Å². The highest BCUT2D eigenvalue weighted by Gasteiger charge is 2.32. The van der Waals surface area contributed by atoms with Crippen LogP contribution in [0.4, 0.5) is 0 Å². The van der Waals surface area contributed by atoms with Crippen molar-refractivity contribution in [3.8, 4) is 0 Å². The first-order valence-electron chi connectivity index (χ1n) is 9.73. The van der Waals surface area contributed by atoms with Gasteiger partial charge in [-0.15, -0.1) is 0 Å². The molecule has 0 radical (unpaired) electrons. The number of benzene rings is 1. The zero-order valence-electron chi connectivity index (χ0n) is 15.8. The third-order valence-electron chi connectivity index (χ3n) is 5.98. The number of sulfonamides is 1. The van der Waals surface area contributed by atoms with Crippen LogP contribution in [0.5, 0.6) is 0 Å². The molecule has 1 N–H and O–H groups in total. The van der Waals surface area contributed by atoms with E-state index < -0.39 is 10.0 Å². The number of nitrogens with zero attached hydrogens (tertiary/aromatic N) is 1. The minimum Gasteiger partial charge on any atom is -0.356 e. The van der Waals surface area contributed by atoms with Crippen LogP contribution in [-0.2, 0) is 14.8 Å². The van der Waals surface area contributed by atoms with E-state index in [0.29, 0.717) is 36.7 Å². The molecule has 0 spiro atoms. The molecule has 1 aliphatic carbocycles. The highest BCUT2D eigenvalue weighted by Crippen LogP contribution is 2.26. The Labute approximate surface area is 157 Å². The van der Waals surface area contributed by atoms with Crippen LogP contribution < -0.4 is 5.32 Å². The van der Waals surface area contributed by atoms with Crippen molar-refractivity contribution in [2.45, 2.75) is 57.3 Å². The van der Waals surface area contributed by atoms with Gasteiger partial charge in [0.15, 0.2) is 0 Å². The van der Waals surface area contributed by atoms with Gasteiger partial charge >= 0.3 is 0 Å². The number of rotatable bonds is 5. The lowest BCUT2D eigenvalue weighted by Gasteiger charge is -2.31. The normalized spacial score (nSPS) is 20.4. The number of carbonyl (C=O) groups is 1. The lowest BCUT2D eigenvalue weighted by molar-refractivity contribution is -0.126. The second kappa shape index (κ2) is 8.09. The van der Waals surface area contributed by atoms with Crippen molar-refractivity contribution in [1.82, 2.24) is 9.62 Å². The molecular weight excluding hydrogens is 348 g/mol. The van der Waals surface area contributed by atoms with E-state index in [1.165, 1.54) is 30.0 Å². The number of carbonyl (C=O) groups excluding carboxylic acids is 1. The highest BCUT2D eigenvalue weighted by atomic mass is 32.2. The Hall–Kier alpha value is -1.40. The minimum absolute atomic E-state index is 0.0670. The molecule has 0 atom stereocenters. The smallest absolute Gasteiger partial charge is 0.243 e. The van der Waals surface area contributed by atoms with Gasteiger partial charge in [0.1, 0.15) is 0 Å². The van der Waals surface area contributed by atoms with E-state index in [0.717, 1.165) is 17.7 Å². The van der Waals surface area contributed by atoms with Crippen LogP contribution in [0, 0.1) is 25.7 Å². The highest BCUT2D eigenvalue weighted by molar-refractivity contribution is 7.89. The molecule has 0 bridgehead atoms. The molecule has 1 aromatic carbocycles. The summed E-state index contributed by atoms with van der Waals surface area (Å²) in [7, 11) is -3.47.